The summed E-state index contributed by atoms with van der Waals surface area (Å²) in [6.45, 7) is 4.09. The molecule has 20 heavy (non-hydrogen) atoms. The minimum absolute atomic E-state index is 0.00172. The maximum atomic E-state index is 13.7. The van der Waals surface area contributed by atoms with Crippen LogP contribution in [0, 0.1) is 17.7 Å². The molecular formula is C16H22FNO2. The highest BCUT2D eigenvalue weighted by Crippen LogP contribution is 2.48. The molecule has 1 saturated carbocycles. The van der Waals surface area contributed by atoms with Gasteiger partial charge in [0.25, 0.3) is 0 Å². The SMILES string of the molecule is CC(C)C(CCO)NC(=O)C1CC1c1ccccc1F. The zero-order chi connectivity index (χ0) is 14.7. The van der Waals surface area contributed by atoms with Gasteiger partial charge in [-0.15, -0.1) is 0 Å². The van der Waals surface area contributed by atoms with Crippen molar-refractivity contribution in [1.29, 1.82) is 0 Å². The van der Waals surface area contributed by atoms with Crippen molar-refractivity contribution in [1.82, 2.24) is 5.32 Å². The predicted octanol–water partition coefficient (Wildman–Crippen LogP) is 2.45. The van der Waals surface area contributed by atoms with Gasteiger partial charge in [0.2, 0.25) is 5.91 Å². The first-order chi connectivity index (χ1) is 9.54. The number of amides is 1. The van der Waals surface area contributed by atoms with Crippen molar-refractivity contribution in [3.63, 3.8) is 0 Å². The third kappa shape index (κ3) is 3.37. The summed E-state index contributed by atoms with van der Waals surface area (Å²) < 4.78 is 13.7. The van der Waals surface area contributed by atoms with Crippen molar-refractivity contribution in [2.24, 2.45) is 11.8 Å². The second-order valence-corrected chi connectivity index (χ2v) is 5.84. The van der Waals surface area contributed by atoms with Crippen LogP contribution in [0.3, 0.4) is 0 Å². The maximum absolute atomic E-state index is 13.7. The third-order valence-corrected chi connectivity index (χ3v) is 4.00. The lowest BCUT2D eigenvalue weighted by Crippen LogP contribution is -2.40. The van der Waals surface area contributed by atoms with Gasteiger partial charge in [-0.05, 0) is 36.3 Å². The molecule has 1 aromatic carbocycles. The lowest BCUT2D eigenvalue weighted by atomic mass is 10.0. The molecule has 3 unspecified atom stereocenters. The zero-order valence-corrected chi connectivity index (χ0v) is 12.0. The minimum atomic E-state index is -0.233. The third-order valence-electron chi connectivity index (χ3n) is 4.00. The molecule has 1 aliphatic rings. The average Bonchev–Trinajstić information content (AvgIpc) is 3.18. The first-order valence-electron chi connectivity index (χ1n) is 7.20. The van der Waals surface area contributed by atoms with E-state index in [1.807, 2.05) is 13.8 Å². The van der Waals surface area contributed by atoms with E-state index in [1.54, 1.807) is 18.2 Å². The van der Waals surface area contributed by atoms with Crippen molar-refractivity contribution in [2.45, 2.75) is 38.6 Å². The van der Waals surface area contributed by atoms with E-state index >= 15 is 0 Å². The molecule has 1 amide bonds. The number of carbonyl (C=O) groups is 1. The molecule has 2 N–H and O–H groups in total. The van der Waals surface area contributed by atoms with Crippen LogP contribution in [0.25, 0.3) is 0 Å². The number of aliphatic hydroxyl groups excluding tert-OH is 1. The zero-order valence-electron chi connectivity index (χ0n) is 12.0. The molecule has 4 heteroatoms. The second-order valence-electron chi connectivity index (χ2n) is 5.84. The molecule has 0 heterocycles. The molecule has 2 rings (SSSR count). The number of aliphatic hydroxyl groups is 1. The van der Waals surface area contributed by atoms with Crippen LogP contribution in [0.15, 0.2) is 24.3 Å². The van der Waals surface area contributed by atoms with Crippen LogP contribution in [0.4, 0.5) is 4.39 Å². The molecule has 1 fully saturated rings. The van der Waals surface area contributed by atoms with Crippen molar-refractivity contribution in [3.05, 3.63) is 35.6 Å². The fourth-order valence-electron chi connectivity index (χ4n) is 2.61. The summed E-state index contributed by atoms with van der Waals surface area (Å²) >= 11 is 0. The Morgan fingerprint density at radius 1 is 1.45 bits per heavy atom. The van der Waals surface area contributed by atoms with Crippen molar-refractivity contribution in [2.75, 3.05) is 6.61 Å². The number of carbonyl (C=O) groups excluding carboxylic acids is 1. The Bertz CT molecular complexity index is 475. The Kier molecular flexibility index (Phi) is 4.76. The monoisotopic (exact) mass is 279 g/mol. The maximum Gasteiger partial charge on any atom is 0.223 e. The largest absolute Gasteiger partial charge is 0.396 e. The molecule has 1 aliphatic carbocycles. The molecule has 0 bridgehead atoms. The van der Waals surface area contributed by atoms with Crippen LogP contribution in [-0.2, 0) is 4.79 Å². The molecule has 0 saturated heterocycles. The van der Waals surface area contributed by atoms with Gasteiger partial charge < -0.3 is 10.4 Å². The normalized spacial score (nSPS) is 22.6. The Labute approximate surface area is 119 Å². The van der Waals surface area contributed by atoms with Crippen LogP contribution in [-0.4, -0.2) is 23.7 Å². The molecule has 0 spiro atoms. The highest BCUT2D eigenvalue weighted by Gasteiger charge is 2.45. The van der Waals surface area contributed by atoms with Gasteiger partial charge in [-0.1, -0.05) is 32.0 Å². The lowest BCUT2D eigenvalue weighted by molar-refractivity contribution is -0.123. The van der Waals surface area contributed by atoms with E-state index in [0.717, 1.165) is 0 Å². The van der Waals surface area contributed by atoms with Crippen LogP contribution in [0.5, 0.6) is 0 Å². The summed E-state index contributed by atoms with van der Waals surface area (Å²) in [6.07, 6.45) is 1.26. The van der Waals surface area contributed by atoms with Crippen molar-refractivity contribution in [3.8, 4) is 0 Å². The first-order valence-corrected chi connectivity index (χ1v) is 7.20. The standard InChI is InChI=1S/C16H22FNO2/c1-10(2)15(7-8-19)18-16(20)13-9-12(13)11-5-3-4-6-14(11)17/h3-6,10,12-13,15,19H,7-9H2,1-2H3,(H,18,20). The van der Waals surface area contributed by atoms with E-state index in [9.17, 15) is 9.18 Å². The summed E-state index contributed by atoms with van der Waals surface area (Å²) in [4.78, 5) is 12.2. The van der Waals surface area contributed by atoms with Crippen LogP contribution < -0.4 is 5.32 Å². The summed E-state index contributed by atoms with van der Waals surface area (Å²) in [5, 5.41) is 12.0. The van der Waals surface area contributed by atoms with E-state index in [2.05, 4.69) is 5.32 Å². The molecule has 0 aliphatic heterocycles. The first kappa shape index (κ1) is 15.0. The summed E-state index contributed by atoms with van der Waals surface area (Å²) in [5.74, 6) is -0.115. The van der Waals surface area contributed by atoms with Gasteiger partial charge in [0.1, 0.15) is 5.82 Å². The topological polar surface area (TPSA) is 49.3 Å². The Morgan fingerprint density at radius 2 is 2.15 bits per heavy atom. The Balaban J connectivity index is 1.94. The smallest absolute Gasteiger partial charge is 0.223 e. The van der Waals surface area contributed by atoms with Crippen LogP contribution >= 0.6 is 0 Å². The van der Waals surface area contributed by atoms with Gasteiger partial charge in [-0.3, -0.25) is 4.79 Å². The van der Waals surface area contributed by atoms with E-state index in [0.29, 0.717) is 18.4 Å². The number of hydrogen-bond acceptors (Lipinski definition) is 2. The lowest BCUT2D eigenvalue weighted by Gasteiger charge is -2.21. The van der Waals surface area contributed by atoms with Crippen molar-refractivity contribution < 1.29 is 14.3 Å². The van der Waals surface area contributed by atoms with E-state index in [4.69, 9.17) is 5.11 Å². The fourth-order valence-corrected chi connectivity index (χ4v) is 2.61. The Morgan fingerprint density at radius 3 is 2.75 bits per heavy atom. The van der Waals surface area contributed by atoms with Gasteiger partial charge >= 0.3 is 0 Å². The molecular weight excluding hydrogens is 257 g/mol. The van der Waals surface area contributed by atoms with E-state index in [-0.39, 0.29) is 42.1 Å². The molecule has 0 radical (unpaired) electrons. The molecule has 3 atom stereocenters. The number of benzene rings is 1. The number of hydrogen-bond donors (Lipinski definition) is 2. The number of nitrogens with one attached hydrogen (secondary N) is 1. The highest BCUT2D eigenvalue weighted by atomic mass is 19.1. The number of rotatable bonds is 6. The fraction of sp³-hybridized carbons (Fsp3) is 0.562. The summed E-state index contributed by atoms with van der Waals surface area (Å²) in [7, 11) is 0. The second kappa shape index (κ2) is 6.35. The van der Waals surface area contributed by atoms with Gasteiger partial charge in [0, 0.05) is 18.6 Å². The van der Waals surface area contributed by atoms with E-state index in [1.165, 1.54) is 6.07 Å². The highest BCUT2D eigenvalue weighted by molar-refractivity contribution is 5.83. The molecule has 110 valence electrons. The summed E-state index contributed by atoms with van der Waals surface area (Å²) in [5.41, 5.74) is 0.635. The Hall–Kier alpha value is -1.42. The number of halogens is 1. The molecule has 3 nitrogen and oxygen atoms in total. The summed E-state index contributed by atoms with van der Waals surface area (Å²) in [6, 6.07) is 6.63. The van der Waals surface area contributed by atoms with Gasteiger partial charge in [-0.25, -0.2) is 4.39 Å². The van der Waals surface area contributed by atoms with Gasteiger partial charge in [-0.2, -0.15) is 0 Å². The van der Waals surface area contributed by atoms with Crippen molar-refractivity contribution >= 4 is 5.91 Å². The minimum Gasteiger partial charge on any atom is -0.396 e. The van der Waals surface area contributed by atoms with Gasteiger partial charge in [0.05, 0.1) is 0 Å². The predicted molar refractivity (Wildman–Crippen MR) is 75.7 cm³/mol. The molecule has 0 aromatic heterocycles. The average molecular weight is 279 g/mol. The van der Waals surface area contributed by atoms with Crippen LogP contribution in [0.1, 0.15) is 38.2 Å². The van der Waals surface area contributed by atoms with Gasteiger partial charge in [0.15, 0.2) is 0 Å². The van der Waals surface area contributed by atoms with E-state index < -0.39 is 0 Å². The quantitative estimate of drug-likeness (QED) is 0.840. The molecule has 1 aromatic rings. The van der Waals surface area contributed by atoms with Crippen LogP contribution in [0.2, 0.25) is 0 Å².